The van der Waals surface area contributed by atoms with Gasteiger partial charge in [-0.05, 0) is 43.3 Å². The van der Waals surface area contributed by atoms with Crippen molar-refractivity contribution in [3.05, 3.63) is 68.7 Å². The third-order valence-electron chi connectivity index (χ3n) is 4.52. The fourth-order valence-corrected chi connectivity index (χ4v) is 3.44. The number of halogens is 1. The van der Waals surface area contributed by atoms with E-state index in [0.29, 0.717) is 10.7 Å². The van der Waals surface area contributed by atoms with Crippen molar-refractivity contribution >= 4 is 23.0 Å². The van der Waals surface area contributed by atoms with E-state index in [-0.39, 0.29) is 23.3 Å². The minimum absolute atomic E-state index is 0.0258. The molecule has 0 aromatic heterocycles. The molecule has 0 radical (unpaired) electrons. The predicted molar refractivity (Wildman–Crippen MR) is 96.7 cm³/mol. The Kier molecular flexibility index (Phi) is 4.88. The zero-order valence-electron chi connectivity index (χ0n) is 13.6. The number of nitro groups is 1. The number of anilines is 1. The molecule has 1 saturated heterocycles. The second-order valence-corrected chi connectivity index (χ2v) is 6.55. The van der Waals surface area contributed by atoms with E-state index >= 15 is 0 Å². The molecule has 2 aromatic rings. The van der Waals surface area contributed by atoms with Gasteiger partial charge in [0.25, 0.3) is 5.69 Å². The van der Waals surface area contributed by atoms with Gasteiger partial charge in [0.15, 0.2) is 0 Å². The summed E-state index contributed by atoms with van der Waals surface area (Å²) in [4.78, 5) is 13.1. The molecule has 0 bridgehead atoms. The molecule has 0 aliphatic carbocycles. The summed E-state index contributed by atoms with van der Waals surface area (Å²) in [5, 5.41) is 24.3. The number of nitro benzene ring substituents is 1. The van der Waals surface area contributed by atoms with E-state index in [4.69, 9.17) is 16.9 Å². The first-order chi connectivity index (χ1) is 12.0. The van der Waals surface area contributed by atoms with Gasteiger partial charge in [-0.2, -0.15) is 5.26 Å². The lowest BCUT2D eigenvalue weighted by Gasteiger charge is -2.27. The highest BCUT2D eigenvalue weighted by Gasteiger charge is 2.34. The molecule has 1 fully saturated rings. The smallest absolute Gasteiger partial charge is 0.293 e. The summed E-state index contributed by atoms with van der Waals surface area (Å²) < 4.78 is 0. The number of nitriles is 1. The van der Waals surface area contributed by atoms with E-state index in [9.17, 15) is 10.1 Å². The summed E-state index contributed by atoms with van der Waals surface area (Å²) in [5.41, 5.74) is 1.74. The van der Waals surface area contributed by atoms with Crippen LogP contribution in [0.5, 0.6) is 0 Å². The number of nitrogens with one attached hydrogen (secondary N) is 1. The van der Waals surface area contributed by atoms with Crippen LogP contribution in [-0.2, 0) is 0 Å². The summed E-state index contributed by atoms with van der Waals surface area (Å²) in [6.07, 6.45) is 0.862. The van der Waals surface area contributed by atoms with Crippen LogP contribution in [0.25, 0.3) is 0 Å². The first-order valence-electron chi connectivity index (χ1n) is 7.90. The molecule has 1 aliphatic heterocycles. The maximum Gasteiger partial charge on any atom is 0.293 e. The lowest BCUT2D eigenvalue weighted by atomic mass is 9.99. The minimum atomic E-state index is -0.459. The first kappa shape index (κ1) is 17.2. The van der Waals surface area contributed by atoms with Crippen molar-refractivity contribution in [1.29, 1.82) is 5.26 Å². The number of likely N-dealkylation sites (N-methyl/N-ethyl adjacent to an activating group) is 1. The molecule has 2 aromatic carbocycles. The van der Waals surface area contributed by atoms with E-state index < -0.39 is 4.92 Å². The van der Waals surface area contributed by atoms with Crippen LogP contribution in [0.4, 0.5) is 11.4 Å². The second-order valence-electron chi connectivity index (χ2n) is 6.12. The predicted octanol–water partition coefficient (Wildman–Crippen LogP) is 3.98. The number of benzene rings is 2. The lowest BCUT2D eigenvalue weighted by Crippen LogP contribution is -2.29. The monoisotopic (exact) mass is 356 g/mol. The molecule has 3 rings (SSSR count). The zero-order chi connectivity index (χ0) is 18.0. The highest BCUT2D eigenvalue weighted by molar-refractivity contribution is 6.30. The van der Waals surface area contributed by atoms with Gasteiger partial charge in [-0.25, -0.2) is 0 Å². The van der Waals surface area contributed by atoms with E-state index in [1.54, 1.807) is 12.1 Å². The number of likely N-dealkylation sites (tertiary alicyclic amines) is 1. The first-order valence-corrected chi connectivity index (χ1v) is 8.28. The van der Waals surface area contributed by atoms with Crippen LogP contribution < -0.4 is 5.32 Å². The van der Waals surface area contributed by atoms with Crippen molar-refractivity contribution in [2.75, 3.05) is 18.9 Å². The molecule has 7 heteroatoms. The topological polar surface area (TPSA) is 82.2 Å². The van der Waals surface area contributed by atoms with Crippen molar-refractivity contribution in [2.45, 2.75) is 18.5 Å². The molecule has 2 atom stereocenters. The summed E-state index contributed by atoms with van der Waals surface area (Å²) in [7, 11) is 2.04. The van der Waals surface area contributed by atoms with Crippen molar-refractivity contribution in [2.24, 2.45) is 0 Å². The van der Waals surface area contributed by atoms with Crippen molar-refractivity contribution < 1.29 is 4.92 Å². The molecule has 1 N–H and O–H groups in total. The number of rotatable bonds is 4. The largest absolute Gasteiger partial charge is 0.375 e. The SMILES string of the molecule is CN1CCC(Nc2ccc(C#N)cc2[N+](=O)[O-])C1c1ccc(Cl)cc1. The molecular weight excluding hydrogens is 340 g/mol. The van der Waals surface area contributed by atoms with Crippen LogP contribution in [0.3, 0.4) is 0 Å². The van der Waals surface area contributed by atoms with Gasteiger partial charge in [0, 0.05) is 23.7 Å². The standard InChI is InChI=1S/C18H17ClN4O2/c1-22-9-8-16(18(22)13-3-5-14(19)6-4-13)21-15-7-2-12(11-20)10-17(15)23(24)25/h2-7,10,16,18,21H,8-9H2,1H3. The Hall–Kier alpha value is -2.62. The van der Waals surface area contributed by atoms with Gasteiger partial charge in [-0.1, -0.05) is 23.7 Å². The zero-order valence-corrected chi connectivity index (χ0v) is 14.4. The highest BCUT2D eigenvalue weighted by atomic mass is 35.5. The fraction of sp³-hybridized carbons (Fsp3) is 0.278. The van der Waals surface area contributed by atoms with Gasteiger partial charge in [-0.15, -0.1) is 0 Å². The fourth-order valence-electron chi connectivity index (χ4n) is 3.32. The van der Waals surface area contributed by atoms with Gasteiger partial charge in [0.2, 0.25) is 0 Å². The average Bonchev–Trinajstić information content (AvgIpc) is 2.96. The molecule has 0 amide bonds. The molecular formula is C18H17ClN4O2. The maximum atomic E-state index is 11.3. The Labute approximate surface area is 150 Å². The molecule has 0 saturated carbocycles. The highest BCUT2D eigenvalue weighted by Crippen LogP contribution is 2.35. The van der Waals surface area contributed by atoms with Crippen LogP contribution in [0.1, 0.15) is 23.6 Å². The average molecular weight is 357 g/mol. The number of hydrogen-bond acceptors (Lipinski definition) is 5. The molecule has 1 aliphatic rings. The van der Waals surface area contributed by atoms with Crippen LogP contribution in [0.15, 0.2) is 42.5 Å². The molecule has 2 unspecified atom stereocenters. The minimum Gasteiger partial charge on any atom is -0.375 e. The normalized spacial score (nSPS) is 20.2. The summed E-state index contributed by atoms with van der Waals surface area (Å²) in [6, 6.07) is 14.2. The van der Waals surface area contributed by atoms with E-state index in [2.05, 4.69) is 10.2 Å². The summed E-state index contributed by atoms with van der Waals surface area (Å²) >= 11 is 5.97. The van der Waals surface area contributed by atoms with Crippen LogP contribution in [0.2, 0.25) is 5.02 Å². The Balaban J connectivity index is 1.90. The maximum absolute atomic E-state index is 11.3. The summed E-state index contributed by atoms with van der Waals surface area (Å²) in [6.45, 7) is 0.884. The van der Waals surface area contributed by atoms with Crippen LogP contribution >= 0.6 is 11.6 Å². The number of nitrogens with zero attached hydrogens (tertiary/aromatic N) is 3. The Morgan fingerprint density at radius 1 is 1.32 bits per heavy atom. The van der Waals surface area contributed by atoms with Crippen LogP contribution in [0, 0.1) is 21.4 Å². The van der Waals surface area contributed by atoms with Crippen molar-refractivity contribution in [3.8, 4) is 6.07 Å². The lowest BCUT2D eigenvalue weighted by molar-refractivity contribution is -0.384. The van der Waals surface area contributed by atoms with Gasteiger partial charge in [0.05, 0.1) is 22.6 Å². The van der Waals surface area contributed by atoms with Gasteiger partial charge < -0.3 is 5.32 Å². The quantitative estimate of drug-likeness (QED) is 0.661. The van der Waals surface area contributed by atoms with Crippen molar-refractivity contribution in [3.63, 3.8) is 0 Å². The molecule has 6 nitrogen and oxygen atoms in total. The third kappa shape index (κ3) is 3.58. The molecule has 0 spiro atoms. The second kappa shape index (κ2) is 7.09. The van der Waals surface area contributed by atoms with E-state index in [1.807, 2.05) is 37.4 Å². The Bertz CT molecular complexity index is 832. The van der Waals surface area contributed by atoms with Gasteiger partial charge in [-0.3, -0.25) is 15.0 Å². The third-order valence-corrected chi connectivity index (χ3v) is 4.78. The molecule has 1 heterocycles. The van der Waals surface area contributed by atoms with Gasteiger partial charge in [0.1, 0.15) is 5.69 Å². The Morgan fingerprint density at radius 3 is 2.68 bits per heavy atom. The molecule has 128 valence electrons. The van der Waals surface area contributed by atoms with E-state index in [0.717, 1.165) is 18.5 Å². The van der Waals surface area contributed by atoms with Crippen LogP contribution in [-0.4, -0.2) is 29.5 Å². The molecule has 25 heavy (non-hydrogen) atoms. The van der Waals surface area contributed by atoms with E-state index in [1.165, 1.54) is 6.07 Å². The number of hydrogen-bond donors (Lipinski definition) is 1. The van der Waals surface area contributed by atoms with Gasteiger partial charge >= 0.3 is 0 Å². The summed E-state index contributed by atoms with van der Waals surface area (Å²) in [5.74, 6) is 0. The Morgan fingerprint density at radius 2 is 2.04 bits per heavy atom. The van der Waals surface area contributed by atoms with Crippen molar-refractivity contribution in [1.82, 2.24) is 4.90 Å².